The third-order valence-corrected chi connectivity index (χ3v) is 3.56. The predicted octanol–water partition coefficient (Wildman–Crippen LogP) is 6.12. The molecule has 0 radical (unpaired) electrons. The van der Waals surface area contributed by atoms with Crippen molar-refractivity contribution in [1.82, 2.24) is 0 Å². The van der Waals surface area contributed by atoms with Crippen molar-refractivity contribution in [2.45, 2.75) is 84.5 Å². The Morgan fingerprint density at radius 3 is 2.12 bits per heavy atom. The van der Waals surface area contributed by atoms with Gasteiger partial charge in [0, 0.05) is 0 Å². The van der Waals surface area contributed by atoms with E-state index in [1.165, 1.54) is 70.6 Å². The number of hydrogen-bond donors (Lipinski definition) is 0. The minimum absolute atomic E-state index is 0.978. The molecule has 0 heteroatoms. The van der Waals surface area contributed by atoms with Crippen molar-refractivity contribution in [2.24, 2.45) is 5.92 Å². The van der Waals surface area contributed by atoms with Crippen molar-refractivity contribution in [2.75, 3.05) is 0 Å². The van der Waals surface area contributed by atoms with Crippen LogP contribution in [0, 0.1) is 5.92 Å². The van der Waals surface area contributed by atoms with Gasteiger partial charge in [-0.2, -0.15) is 0 Å². The lowest BCUT2D eigenvalue weighted by molar-refractivity contribution is 0.403. The fraction of sp³-hybridized carbons (Fsp3) is 0.875. The van der Waals surface area contributed by atoms with E-state index in [2.05, 4.69) is 26.5 Å². The molecule has 0 aromatic carbocycles. The molecule has 96 valence electrons. The van der Waals surface area contributed by atoms with E-state index >= 15 is 0 Å². The summed E-state index contributed by atoms with van der Waals surface area (Å²) in [5.74, 6) is 0.978. The molecule has 0 rings (SSSR count). The molecular weight excluding hydrogens is 192 g/mol. The maximum Gasteiger partial charge on any atom is -0.0353 e. The van der Waals surface area contributed by atoms with Crippen molar-refractivity contribution in [1.29, 1.82) is 0 Å². The second kappa shape index (κ2) is 12.8. The van der Waals surface area contributed by atoms with Crippen molar-refractivity contribution in [3.8, 4) is 0 Å². The number of rotatable bonds is 12. The average Bonchev–Trinajstić information content (AvgIpc) is 2.31. The van der Waals surface area contributed by atoms with Gasteiger partial charge in [-0.05, 0) is 18.8 Å². The molecule has 0 saturated carbocycles. The van der Waals surface area contributed by atoms with Gasteiger partial charge in [0.1, 0.15) is 0 Å². The monoisotopic (exact) mass is 224 g/mol. The lowest BCUT2D eigenvalue weighted by Gasteiger charge is -2.13. The van der Waals surface area contributed by atoms with E-state index in [-0.39, 0.29) is 0 Å². The first-order chi connectivity index (χ1) is 7.85. The summed E-state index contributed by atoms with van der Waals surface area (Å²) in [6, 6.07) is 0. The largest absolute Gasteiger partial charge is 0.103 e. The first kappa shape index (κ1) is 15.7. The van der Waals surface area contributed by atoms with Crippen molar-refractivity contribution >= 4 is 0 Å². The molecule has 0 amide bonds. The zero-order valence-corrected chi connectivity index (χ0v) is 11.6. The molecule has 0 heterocycles. The third kappa shape index (κ3) is 10.3. The van der Waals surface area contributed by atoms with Gasteiger partial charge >= 0.3 is 0 Å². The Balaban J connectivity index is 3.29. The Bertz CT molecular complexity index is 137. The van der Waals surface area contributed by atoms with Gasteiger partial charge in [0.25, 0.3) is 0 Å². The molecule has 16 heavy (non-hydrogen) atoms. The molecule has 0 aliphatic carbocycles. The van der Waals surface area contributed by atoms with Crippen LogP contribution in [0.5, 0.6) is 0 Å². The van der Waals surface area contributed by atoms with Gasteiger partial charge in [0.15, 0.2) is 0 Å². The summed E-state index contributed by atoms with van der Waals surface area (Å²) in [7, 11) is 0. The van der Waals surface area contributed by atoms with Crippen LogP contribution < -0.4 is 0 Å². The number of hydrogen-bond acceptors (Lipinski definition) is 0. The summed E-state index contributed by atoms with van der Waals surface area (Å²) in [5.41, 5.74) is 0. The molecule has 0 aromatic rings. The van der Waals surface area contributed by atoms with Crippen molar-refractivity contribution in [3.63, 3.8) is 0 Å². The van der Waals surface area contributed by atoms with Gasteiger partial charge < -0.3 is 0 Å². The van der Waals surface area contributed by atoms with E-state index in [1.807, 2.05) is 0 Å². The standard InChI is InChI=1S/C16H32/c1-4-7-9-10-11-13-15-16(6-3)14-12-8-5-2/h5,16H,2,4,6-15H2,1,3H3. The molecule has 1 unspecified atom stereocenters. The lowest BCUT2D eigenvalue weighted by atomic mass is 9.93. The van der Waals surface area contributed by atoms with Crippen LogP contribution in [-0.2, 0) is 0 Å². The summed E-state index contributed by atoms with van der Waals surface area (Å²) >= 11 is 0. The van der Waals surface area contributed by atoms with E-state index in [1.54, 1.807) is 0 Å². The molecular formula is C16H32. The van der Waals surface area contributed by atoms with Gasteiger partial charge in [0.05, 0.1) is 0 Å². The Hall–Kier alpha value is -0.260. The van der Waals surface area contributed by atoms with E-state index in [0.717, 1.165) is 5.92 Å². The topological polar surface area (TPSA) is 0 Å². The summed E-state index contributed by atoms with van der Waals surface area (Å²) in [6.07, 6.45) is 17.4. The zero-order valence-electron chi connectivity index (χ0n) is 11.6. The van der Waals surface area contributed by atoms with Gasteiger partial charge in [-0.15, -0.1) is 6.58 Å². The van der Waals surface area contributed by atoms with Crippen LogP contribution in [0.15, 0.2) is 12.7 Å². The molecule has 1 atom stereocenters. The zero-order chi connectivity index (χ0) is 12.1. The normalized spacial score (nSPS) is 12.6. The summed E-state index contributed by atoms with van der Waals surface area (Å²) in [4.78, 5) is 0. The van der Waals surface area contributed by atoms with Crippen LogP contribution in [0.2, 0.25) is 0 Å². The maximum absolute atomic E-state index is 3.79. The minimum Gasteiger partial charge on any atom is -0.103 e. The molecule has 0 spiro atoms. The Morgan fingerprint density at radius 1 is 0.875 bits per heavy atom. The van der Waals surface area contributed by atoms with E-state index in [9.17, 15) is 0 Å². The van der Waals surface area contributed by atoms with Crippen LogP contribution in [0.1, 0.15) is 84.5 Å². The summed E-state index contributed by atoms with van der Waals surface area (Å²) in [6.45, 7) is 8.41. The van der Waals surface area contributed by atoms with Crippen LogP contribution in [0.3, 0.4) is 0 Å². The lowest BCUT2D eigenvalue weighted by Crippen LogP contribution is -1.98. The molecule has 0 fully saturated rings. The van der Waals surface area contributed by atoms with Crippen LogP contribution in [-0.4, -0.2) is 0 Å². The fourth-order valence-corrected chi connectivity index (χ4v) is 2.32. The number of unbranched alkanes of at least 4 members (excludes halogenated alkanes) is 6. The van der Waals surface area contributed by atoms with E-state index < -0.39 is 0 Å². The molecule has 0 aliphatic rings. The van der Waals surface area contributed by atoms with Gasteiger partial charge in [0.2, 0.25) is 0 Å². The average molecular weight is 224 g/mol. The van der Waals surface area contributed by atoms with E-state index in [0.29, 0.717) is 0 Å². The Morgan fingerprint density at radius 2 is 1.50 bits per heavy atom. The molecule has 0 nitrogen and oxygen atoms in total. The van der Waals surface area contributed by atoms with Crippen LogP contribution in [0.25, 0.3) is 0 Å². The molecule has 0 saturated heterocycles. The molecule has 0 aliphatic heterocycles. The molecule has 0 bridgehead atoms. The Kier molecular flexibility index (Phi) is 12.6. The smallest absolute Gasteiger partial charge is 0.0353 e. The third-order valence-electron chi connectivity index (χ3n) is 3.56. The second-order valence-electron chi connectivity index (χ2n) is 5.05. The molecule has 0 aromatic heterocycles. The second-order valence-corrected chi connectivity index (χ2v) is 5.05. The fourth-order valence-electron chi connectivity index (χ4n) is 2.32. The summed E-state index contributed by atoms with van der Waals surface area (Å²) in [5, 5.41) is 0. The molecule has 0 N–H and O–H groups in total. The maximum atomic E-state index is 3.79. The summed E-state index contributed by atoms with van der Waals surface area (Å²) < 4.78 is 0. The first-order valence-electron chi connectivity index (χ1n) is 7.46. The Labute approximate surface area is 104 Å². The highest BCUT2D eigenvalue weighted by molar-refractivity contribution is 4.67. The van der Waals surface area contributed by atoms with Gasteiger partial charge in [-0.3, -0.25) is 0 Å². The SMILES string of the molecule is C=CCCCC(CC)CCCCCCCC. The van der Waals surface area contributed by atoms with Crippen LogP contribution >= 0.6 is 0 Å². The van der Waals surface area contributed by atoms with Crippen LogP contribution in [0.4, 0.5) is 0 Å². The van der Waals surface area contributed by atoms with Gasteiger partial charge in [-0.1, -0.05) is 77.7 Å². The highest BCUT2D eigenvalue weighted by Crippen LogP contribution is 2.20. The van der Waals surface area contributed by atoms with E-state index in [4.69, 9.17) is 0 Å². The quantitative estimate of drug-likeness (QED) is 0.277. The first-order valence-corrected chi connectivity index (χ1v) is 7.46. The number of allylic oxidation sites excluding steroid dienone is 1. The predicted molar refractivity (Wildman–Crippen MR) is 75.8 cm³/mol. The van der Waals surface area contributed by atoms with Gasteiger partial charge in [-0.25, -0.2) is 0 Å². The van der Waals surface area contributed by atoms with Crippen molar-refractivity contribution < 1.29 is 0 Å². The van der Waals surface area contributed by atoms with Crippen molar-refractivity contribution in [3.05, 3.63) is 12.7 Å². The minimum atomic E-state index is 0.978. The highest BCUT2D eigenvalue weighted by Gasteiger charge is 2.04. The highest BCUT2D eigenvalue weighted by atomic mass is 14.1.